The molecule has 4 nitrogen and oxygen atoms in total. The predicted molar refractivity (Wildman–Crippen MR) is 75.6 cm³/mol. The number of hydrogen-bond donors (Lipinski definition) is 2. The first kappa shape index (κ1) is 15.4. The molecular weight excluding hydrogens is 226 g/mol. The summed E-state index contributed by atoms with van der Waals surface area (Å²) in [6, 6.07) is 1.05. The van der Waals surface area contributed by atoms with E-state index in [0.29, 0.717) is 12.1 Å². The van der Waals surface area contributed by atoms with Crippen molar-refractivity contribution >= 4 is 5.91 Å². The van der Waals surface area contributed by atoms with E-state index in [1.54, 1.807) is 0 Å². The van der Waals surface area contributed by atoms with Crippen molar-refractivity contribution in [2.24, 2.45) is 5.92 Å². The second-order valence-electron chi connectivity index (χ2n) is 5.76. The number of nitrogens with zero attached hydrogens (tertiary/aromatic N) is 1. The van der Waals surface area contributed by atoms with E-state index in [0.717, 1.165) is 39.0 Å². The highest BCUT2D eigenvalue weighted by Crippen LogP contribution is 2.09. The zero-order valence-corrected chi connectivity index (χ0v) is 12.3. The van der Waals surface area contributed by atoms with Gasteiger partial charge in [0.05, 0.1) is 5.92 Å². The van der Waals surface area contributed by atoms with E-state index in [9.17, 15) is 4.79 Å². The fourth-order valence-corrected chi connectivity index (χ4v) is 2.64. The zero-order valence-electron chi connectivity index (χ0n) is 12.3. The van der Waals surface area contributed by atoms with Crippen LogP contribution in [0.1, 0.15) is 40.5 Å². The van der Waals surface area contributed by atoms with Gasteiger partial charge in [0.15, 0.2) is 0 Å². The van der Waals surface area contributed by atoms with Crippen molar-refractivity contribution in [2.75, 3.05) is 26.2 Å². The summed E-state index contributed by atoms with van der Waals surface area (Å²) >= 11 is 0. The molecule has 0 aromatic heterocycles. The van der Waals surface area contributed by atoms with Crippen LogP contribution in [-0.4, -0.2) is 49.1 Å². The molecular formula is C14H29N3O. The lowest BCUT2D eigenvalue weighted by molar-refractivity contribution is -0.125. The highest BCUT2D eigenvalue weighted by molar-refractivity contribution is 5.78. The minimum absolute atomic E-state index is 0.172. The number of amides is 1. The molecule has 2 N–H and O–H groups in total. The van der Waals surface area contributed by atoms with Gasteiger partial charge in [0, 0.05) is 31.7 Å². The standard InChI is InChI=1S/C14H29N3O/c1-11(2)17(12(3)4)9-8-16-14(18)13-6-5-7-15-10-13/h11-13,15H,5-10H2,1-4H3,(H,16,18)/t13-/m1/s1. The Balaban J connectivity index is 2.25. The molecule has 0 aromatic carbocycles. The average Bonchev–Trinajstić information content (AvgIpc) is 2.34. The molecule has 106 valence electrons. The largest absolute Gasteiger partial charge is 0.355 e. The van der Waals surface area contributed by atoms with Crippen LogP contribution in [0, 0.1) is 5.92 Å². The molecule has 1 heterocycles. The van der Waals surface area contributed by atoms with E-state index in [4.69, 9.17) is 0 Å². The van der Waals surface area contributed by atoms with Crippen molar-refractivity contribution in [1.29, 1.82) is 0 Å². The summed E-state index contributed by atoms with van der Waals surface area (Å²) in [6.45, 7) is 12.4. The maximum atomic E-state index is 11.9. The van der Waals surface area contributed by atoms with Gasteiger partial charge in [-0.25, -0.2) is 0 Å². The summed E-state index contributed by atoms with van der Waals surface area (Å²) in [5.41, 5.74) is 0. The van der Waals surface area contributed by atoms with Gasteiger partial charge < -0.3 is 10.6 Å². The van der Waals surface area contributed by atoms with Crippen LogP contribution in [0.15, 0.2) is 0 Å². The van der Waals surface area contributed by atoms with Crippen LogP contribution in [0.2, 0.25) is 0 Å². The van der Waals surface area contributed by atoms with Crippen LogP contribution >= 0.6 is 0 Å². The van der Waals surface area contributed by atoms with Gasteiger partial charge in [0.25, 0.3) is 0 Å². The maximum Gasteiger partial charge on any atom is 0.224 e. The van der Waals surface area contributed by atoms with Gasteiger partial charge in [-0.05, 0) is 47.1 Å². The third-order valence-corrected chi connectivity index (χ3v) is 3.66. The molecule has 1 aliphatic heterocycles. The molecule has 0 bridgehead atoms. The van der Waals surface area contributed by atoms with E-state index < -0.39 is 0 Å². The smallest absolute Gasteiger partial charge is 0.224 e. The summed E-state index contributed by atoms with van der Waals surface area (Å²) in [6.07, 6.45) is 2.14. The lowest BCUT2D eigenvalue weighted by atomic mass is 9.99. The first-order valence-electron chi connectivity index (χ1n) is 7.26. The van der Waals surface area contributed by atoms with E-state index >= 15 is 0 Å². The minimum Gasteiger partial charge on any atom is -0.355 e. The molecule has 1 aliphatic rings. The Morgan fingerprint density at radius 3 is 2.50 bits per heavy atom. The quantitative estimate of drug-likeness (QED) is 0.750. The lowest BCUT2D eigenvalue weighted by Crippen LogP contribution is -2.45. The van der Waals surface area contributed by atoms with E-state index in [2.05, 4.69) is 43.2 Å². The third kappa shape index (κ3) is 4.94. The molecule has 0 aromatic rings. The monoisotopic (exact) mass is 255 g/mol. The first-order valence-corrected chi connectivity index (χ1v) is 7.26. The maximum absolute atomic E-state index is 11.9. The van der Waals surface area contributed by atoms with Crippen molar-refractivity contribution < 1.29 is 4.79 Å². The van der Waals surface area contributed by atoms with Crippen molar-refractivity contribution in [1.82, 2.24) is 15.5 Å². The Bertz CT molecular complexity index is 239. The van der Waals surface area contributed by atoms with E-state index in [-0.39, 0.29) is 11.8 Å². The van der Waals surface area contributed by atoms with Gasteiger partial charge in [-0.2, -0.15) is 0 Å². The molecule has 1 saturated heterocycles. The van der Waals surface area contributed by atoms with Crippen LogP contribution in [0.4, 0.5) is 0 Å². The van der Waals surface area contributed by atoms with Crippen molar-refractivity contribution in [3.63, 3.8) is 0 Å². The molecule has 0 saturated carbocycles. The Kier molecular flexibility index (Phi) is 6.65. The van der Waals surface area contributed by atoms with E-state index in [1.807, 2.05) is 0 Å². The fraction of sp³-hybridized carbons (Fsp3) is 0.929. The van der Waals surface area contributed by atoms with Crippen LogP contribution in [0.25, 0.3) is 0 Å². The summed E-state index contributed by atoms with van der Waals surface area (Å²) < 4.78 is 0. The van der Waals surface area contributed by atoms with Gasteiger partial charge in [0.1, 0.15) is 0 Å². The van der Waals surface area contributed by atoms with Crippen LogP contribution in [0.5, 0.6) is 0 Å². The molecule has 0 radical (unpaired) electrons. The average molecular weight is 255 g/mol. The normalized spacial score (nSPS) is 20.7. The molecule has 1 rings (SSSR count). The van der Waals surface area contributed by atoms with Gasteiger partial charge in [-0.1, -0.05) is 0 Å². The SMILES string of the molecule is CC(C)N(CCNC(=O)[C@@H]1CCCNC1)C(C)C. The zero-order chi connectivity index (χ0) is 13.5. The van der Waals surface area contributed by atoms with Crippen LogP contribution in [-0.2, 0) is 4.79 Å². The summed E-state index contributed by atoms with van der Waals surface area (Å²) in [4.78, 5) is 14.4. The lowest BCUT2D eigenvalue weighted by Gasteiger charge is -2.31. The number of hydrogen-bond acceptors (Lipinski definition) is 3. The predicted octanol–water partition coefficient (Wildman–Crippen LogP) is 1.22. The number of rotatable bonds is 6. The van der Waals surface area contributed by atoms with Crippen LogP contribution < -0.4 is 10.6 Å². The summed E-state index contributed by atoms with van der Waals surface area (Å²) in [7, 11) is 0. The second kappa shape index (κ2) is 7.74. The molecule has 0 spiro atoms. The third-order valence-electron chi connectivity index (χ3n) is 3.66. The number of carbonyl (C=O) groups excluding carboxylic acids is 1. The Morgan fingerprint density at radius 2 is 2.00 bits per heavy atom. The Hall–Kier alpha value is -0.610. The second-order valence-corrected chi connectivity index (χ2v) is 5.76. The number of piperidine rings is 1. The molecule has 4 heteroatoms. The van der Waals surface area contributed by atoms with Crippen molar-refractivity contribution in [3.8, 4) is 0 Å². The Labute approximate surface area is 111 Å². The summed E-state index contributed by atoms with van der Waals surface area (Å²) in [5, 5.41) is 6.35. The Morgan fingerprint density at radius 1 is 1.33 bits per heavy atom. The highest BCUT2D eigenvalue weighted by Gasteiger charge is 2.20. The van der Waals surface area contributed by atoms with Crippen molar-refractivity contribution in [3.05, 3.63) is 0 Å². The van der Waals surface area contributed by atoms with Gasteiger partial charge in [-0.15, -0.1) is 0 Å². The highest BCUT2D eigenvalue weighted by atomic mass is 16.1. The van der Waals surface area contributed by atoms with Crippen molar-refractivity contribution in [2.45, 2.75) is 52.6 Å². The number of nitrogens with one attached hydrogen (secondary N) is 2. The minimum atomic E-state index is 0.172. The van der Waals surface area contributed by atoms with Gasteiger partial charge in [-0.3, -0.25) is 9.69 Å². The number of carbonyl (C=O) groups is 1. The van der Waals surface area contributed by atoms with Gasteiger partial charge in [0.2, 0.25) is 5.91 Å². The first-order chi connectivity index (χ1) is 8.52. The molecule has 0 unspecified atom stereocenters. The molecule has 0 aliphatic carbocycles. The fourth-order valence-electron chi connectivity index (χ4n) is 2.64. The molecule has 18 heavy (non-hydrogen) atoms. The molecule has 1 amide bonds. The molecule has 1 fully saturated rings. The molecule has 1 atom stereocenters. The topological polar surface area (TPSA) is 44.4 Å². The van der Waals surface area contributed by atoms with Gasteiger partial charge >= 0.3 is 0 Å². The summed E-state index contributed by atoms with van der Waals surface area (Å²) in [5.74, 6) is 0.389. The van der Waals surface area contributed by atoms with Crippen LogP contribution in [0.3, 0.4) is 0 Å². The van der Waals surface area contributed by atoms with E-state index in [1.165, 1.54) is 0 Å².